The molecule has 0 saturated carbocycles. The summed E-state index contributed by atoms with van der Waals surface area (Å²) in [6.45, 7) is 1.24. The number of para-hydroxylation sites is 1. The van der Waals surface area contributed by atoms with Gasteiger partial charge < -0.3 is 24.5 Å². The molecule has 1 saturated heterocycles. The molecule has 0 radical (unpaired) electrons. The Morgan fingerprint density at radius 2 is 1.62 bits per heavy atom. The zero-order valence-corrected chi connectivity index (χ0v) is 21.7. The van der Waals surface area contributed by atoms with Crippen molar-refractivity contribution in [3.8, 4) is 22.8 Å². The van der Waals surface area contributed by atoms with Gasteiger partial charge in [-0.15, -0.1) is 0 Å². The molecule has 0 bridgehead atoms. The maximum Gasteiger partial charge on any atom is 0.252 e. The fraction of sp³-hybridized carbons (Fsp3) is 0.219. The number of aromatic hydroxyl groups is 2. The van der Waals surface area contributed by atoms with E-state index in [-0.39, 0.29) is 45.9 Å². The number of aromatic amines is 1. The molecule has 8 nitrogen and oxygen atoms in total. The lowest BCUT2D eigenvalue weighted by Crippen LogP contribution is -2.37. The lowest BCUT2D eigenvalue weighted by Gasteiger charge is -2.29. The van der Waals surface area contributed by atoms with Crippen LogP contribution in [0.4, 0.5) is 0 Å². The first-order valence-corrected chi connectivity index (χ1v) is 13.4. The van der Waals surface area contributed by atoms with Gasteiger partial charge in [-0.05, 0) is 36.8 Å². The number of hydrogen-bond donors (Lipinski definition) is 3. The molecule has 3 aromatic carbocycles. The molecule has 0 spiro atoms. The second-order valence-electron chi connectivity index (χ2n) is 10.2. The minimum atomic E-state index is -0.958. The van der Waals surface area contributed by atoms with Crippen LogP contribution in [0.2, 0.25) is 0 Å². The highest BCUT2D eigenvalue weighted by Crippen LogP contribution is 2.42. The number of phenolic OH excluding ortho intramolecular Hbond substituents is 2. The van der Waals surface area contributed by atoms with Crippen molar-refractivity contribution in [2.45, 2.75) is 31.6 Å². The molecule has 8 heteroatoms. The number of hydrogen-bond acceptors (Lipinski definition) is 6. The molecule has 40 heavy (non-hydrogen) atoms. The Labute approximate surface area is 229 Å². The van der Waals surface area contributed by atoms with Gasteiger partial charge in [0.25, 0.3) is 5.56 Å². The first kappa shape index (κ1) is 25.4. The molecular formula is C32H28N2O6. The molecule has 1 aliphatic rings. The zero-order valence-electron chi connectivity index (χ0n) is 21.7. The number of aromatic nitrogens is 1. The van der Waals surface area contributed by atoms with Gasteiger partial charge in [-0.1, -0.05) is 48.5 Å². The minimum absolute atomic E-state index is 0.0622. The Hall–Kier alpha value is -4.85. The monoisotopic (exact) mass is 536 g/mol. The van der Waals surface area contributed by atoms with Crippen LogP contribution in [0, 0.1) is 0 Å². The van der Waals surface area contributed by atoms with Crippen molar-refractivity contribution in [1.29, 1.82) is 0 Å². The van der Waals surface area contributed by atoms with Crippen molar-refractivity contribution in [3.05, 3.63) is 105 Å². The van der Waals surface area contributed by atoms with Crippen molar-refractivity contribution in [3.63, 3.8) is 0 Å². The summed E-state index contributed by atoms with van der Waals surface area (Å²) in [5.41, 5.74) is 0.625. The third-order valence-electron chi connectivity index (χ3n) is 7.65. The van der Waals surface area contributed by atoms with Crippen LogP contribution in [0.1, 0.15) is 42.7 Å². The van der Waals surface area contributed by atoms with Gasteiger partial charge in [-0.2, -0.15) is 0 Å². The third-order valence-corrected chi connectivity index (χ3v) is 7.65. The molecule has 0 unspecified atom stereocenters. The number of carbonyl (C=O) groups excluding carboxylic acids is 1. The van der Waals surface area contributed by atoms with Crippen molar-refractivity contribution in [2.75, 3.05) is 13.1 Å². The summed E-state index contributed by atoms with van der Waals surface area (Å²) in [5, 5.41) is 22.6. The summed E-state index contributed by atoms with van der Waals surface area (Å²) in [7, 11) is 0. The fourth-order valence-electron chi connectivity index (χ4n) is 5.64. The Bertz CT molecular complexity index is 1850. The molecule has 1 fully saturated rings. The fourth-order valence-corrected chi connectivity index (χ4v) is 5.64. The summed E-state index contributed by atoms with van der Waals surface area (Å²) < 4.78 is 6.22. The normalized spacial score (nSPS) is 14.4. The van der Waals surface area contributed by atoms with Gasteiger partial charge in [-0.3, -0.25) is 14.4 Å². The Balaban J connectivity index is 1.61. The Morgan fingerprint density at radius 1 is 0.900 bits per heavy atom. The number of nitrogens with zero attached hydrogens (tertiary/aromatic N) is 1. The van der Waals surface area contributed by atoms with E-state index in [4.69, 9.17) is 4.42 Å². The topological polar surface area (TPSA) is 124 Å². The first-order chi connectivity index (χ1) is 19.4. The third kappa shape index (κ3) is 4.62. The summed E-state index contributed by atoms with van der Waals surface area (Å²) in [6, 6.07) is 20.3. The van der Waals surface area contributed by atoms with E-state index in [1.54, 1.807) is 41.3 Å². The van der Waals surface area contributed by atoms with Crippen LogP contribution >= 0.6 is 0 Å². The first-order valence-electron chi connectivity index (χ1n) is 13.4. The predicted molar refractivity (Wildman–Crippen MR) is 153 cm³/mol. The average molecular weight is 537 g/mol. The molecule has 5 aromatic rings. The number of benzene rings is 3. The van der Waals surface area contributed by atoms with E-state index < -0.39 is 22.7 Å². The molecule has 1 aliphatic heterocycles. The quantitative estimate of drug-likeness (QED) is 0.282. The highest BCUT2D eigenvalue weighted by Gasteiger charge is 2.31. The highest BCUT2D eigenvalue weighted by molar-refractivity contribution is 5.91. The molecule has 1 atom stereocenters. The van der Waals surface area contributed by atoms with E-state index in [1.165, 1.54) is 6.07 Å². The molecule has 3 heterocycles. The molecule has 2 aromatic heterocycles. The van der Waals surface area contributed by atoms with E-state index in [2.05, 4.69) is 4.98 Å². The SMILES string of the molecule is O=C(C[C@@H](c1cc2ccccc2[nH]c1=O)c1c(O)cc(O)c2c(=O)cc(-c3ccccc3)oc12)N1CCCCC1. The lowest BCUT2D eigenvalue weighted by atomic mass is 9.86. The van der Waals surface area contributed by atoms with Gasteiger partial charge in [0.2, 0.25) is 5.91 Å². The van der Waals surface area contributed by atoms with E-state index in [1.807, 2.05) is 24.3 Å². The number of rotatable bonds is 5. The van der Waals surface area contributed by atoms with E-state index >= 15 is 0 Å². The molecular weight excluding hydrogens is 508 g/mol. The summed E-state index contributed by atoms with van der Waals surface area (Å²) in [4.78, 5) is 45.0. The number of H-pyrrole nitrogens is 1. The number of piperidine rings is 1. The van der Waals surface area contributed by atoms with Crippen molar-refractivity contribution < 1.29 is 19.4 Å². The summed E-state index contributed by atoms with van der Waals surface area (Å²) >= 11 is 0. The Morgan fingerprint density at radius 3 is 2.40 bits per heavy atom. The number of nitrogens with one attached hydrogen (secondary N) is 1. The number of phenols is 2. The van der Waals surface area contributed by atoms with E-state index in [0.29, 0.717) is 24.2 Å². The van der Waals surface area contributed by atoms with E-state index in [9.17, 15) is 24.6 Å². The largest absolute Gasteiger partial charge is 0.507 e. The molecule has 0 aliphatic carbocycles. The van der Waals surface area contributed by atoms with Crippen LogP contribution in [0.25, 0.3) is 33.2 Å². The number of fused-ring (bicyclic) bond motifs is 2. The Kier molecular flexibility index (Phi) is 6.59. The summed E-state index contributed by atoms with van der Waals surface area (Å²) in [6.07, 6.45) is 2.72. The summed E-state index contributed by atoms with van der Waals surface area (Å²) in [5.74, 6) is -1.71. The molecule has 3 N–H and O–H groups in total. The maximum atomic E-state index is 13.6. The average Bonchev–Trinajstić information content (AvgIpc) is 2.96. The van der Waals surface area contributed by atoms with E-state index in [0.717, 1.165) is 30.7 Å². The van der Waals surface area contributed by atoms with Crippen LogP contribution in [0.3, 0.4) is 0 Å². The van der Waals surface area contributed by atoms with Gasteiger partial charge in [0, 0.05) is 59.8 Å². The standard InChI is InChI=1S/C32H28N2O6/c35-24-17-25(36)30-26(37)18-27(19-9-3-1-4-10-19)40-31(30)29(24)21(16-28(38)34-13-7-2-8-14-34)22-15-20-11-5-6-12-23(20)33-32(22)39/h1,3-6,9-12,15,17-18,21,35-36H,2,7-8,13-14,16H2,(H,33,39)/t21-/m0/s1. The predicted octanol–water partition coefficient (Wildman–Crippen LogP) is 5.25. The number of likely N-dealkylation sites (tertiary alicyclic amines) is 1. The van der Waals surface area contributed by atoms with Gasteiger partial charge in [0.15, 0.2) is 5.43 Å². The molecule has 1 amide bonds. The molecule has 202 valence electrons. The minimum Gasteiger partial charge on any atom is -0.507 e. The van der Waals surface area contributed by atoms with Crippen LogP contribution in [0.5, 0.6) is 11.5 Å². The lowest BCUT2D eigenvalue weighted by molar-refractivity contribution is -0.132. The number of pyridine rings is 1. The van der Waals surface area contributed by atoms with Gasteiger partial charge in [0.1, 0.15) is 28.2 Å². The van der Waals surface area contributed by atoms with Crippen LogP contribution in [-0.2, 0) is 4.79 Å². The highest BCUT2D eigenvalue weighted by atomic mass is 16.3. The number of carbonyl (C=O) groups is 1. The van der Waals surface area contributed by atoms with Crippen LogP contribution in [-0.4, -0.2) is 39.1 Å². The van der Waals surface area contributed by atoms with Crippen molar-refractivity contribution >= 4 is 27.8 Å². The zero-order chi connectivity index (χ0) is 27.8. The van der Waals surface area contributed by atoms with Gasteiger partial charge in [-0.25, -0.2) is 0 Å². The van der Waals surface area contributed by atoms with Gasteiger partial charge in [0.05, 0.1) is 0 Å². The van der Waals surface area contributed by atoms with Crippen LogP contribution < -0.4 is 11.0 Å². The number of amides is 1. The maximum absolute atomic E-state index is 13.6. The van der Waals surface area contributed by atoms with Crippen LogP contribution in [0.15, 0.2) is 86.8 Å². The van der Waals surface area contributed by atoms with Crippen molar-refractivity contribution in [2.24, 2.45) is 0 Å². The second kappa shape index (κ2) is 10.4. The smallest absolute Gasteiger partial charge is 0.252 e. The second-order valence-corrected chi connectivity index (χ2v) is 10.2. The van der Waals surface area contributed by atoms with Gasteiger partial charge >= 0.3 is 0 Å². The molecule has 6 rings (SSSR count). The van der Waals surface area contributed by atoms with Crippen molar-refractivity contribution in [1.82, 2.24) is 9.88 Å².